The third kappa shape index (κ3) is 5.12. The van der Waals surface area contributed by atoms with Crippen molar-refractivity contribution < 1.29 is 35.9 Å². The van der Waals surface area contributed by atoms with Crippen LogP contribution in [0.4, 0.5) is 13.2 Å². The van der Waals surface area contributed by atoms with Crippen LogP contribution in [0.1, 0.15) is 5.56 Å². The van der Waals surface area contributed by atoms with Crippen molar-refractivity contribution in [2.45, 2.75) is 23.2 Å². The van der Waals surface area contributed by atoms with E-state index in [1.807, 2.05) is 0 Å². The van der Waals surface area contributed by atoms with Gasteiger partial charge in [0.25, 0.3) is 0 Å². The fourth-order valence-corrected chi connectivity index (χ4v) is 3.70. The summed E-state index contributed by atoms with van der Waals surface area (Å²) in [6.45, 7) is 0. The van der Waals surface area contributed by atoms with Gasteiger partial charge in [-0.1, -0.05) is 48.5 Å². The van der Waals surface area contributed by atoms with Crippen LogP contribution in [0.25, 0.3) is 0 Å². The molecule has 1 amide bonds. The monoisotopic (exact) mass is 430 g/mol. The van der Waals surface area contributed by atoms with Gasteiger partial charge in [-0.2, -0.15) is 17.9 Å². The fraction of sp³-hybridized carbons (Fsp3) is 0.222. The molecule has 0 fully saturated rings. The summed E-state index contributed by atoms with van der Waals surface area (Å²) < 4.78 is 72.2. The molecule has 0 radical (unpaired) electrons. The lowest BCUT2D eigenvalue weighted by atomic mass is 10.1. The molecule has 0 spiro atoms. The summed E-state index contributed by atoms with van der Waals surface area (Å²) >= 11 is 0. The summed E-state index contributed by atoms with van der Waals surface area (Å²) in [4.78, 5) is 23.8. The van der Waals surface area contributed by atoms with E-state index >= 15 is 0 Å². The number of hydrogen-bond acceptors (Lipinski definition) is 5. The molecule has 0 saturated carbocycles. The number of halogens is 3. The first-order chi connectivity index (χ1) is 13.5. The zero-order chi connectivity index (χ0) is 21.7. The number of benzene rings is 2. The van der Waals surface area contributed by atoms with Gasteiger partial charge in [-0.3, -0.25) is 4.79 Å². The highest BCUT2D eigenvalue weighted by molar-refractivity contribution is 7.89. The summed E-state index contributed by atoms with van der Waals surface area (Å²) in [6, 6.07) is 13.9. The van der Waals surface area contributed by atoms with Gasteiger partial charge in [-0.15, -0.1) is 0 Å². The molecule has 0 aromatic heterocycles. The molecule has 11 heteroatoms. The van der Waals surface area contributed by atoms with Gasteiger partial charge >= 0.3 is 17.8 Å². The van der Waals surface area contributed by atoms with Crippen molar-refractivity contribution in [3.05, 3.63) is 66.2 Å². The maximum absolute atomic E-state index is 13.9. The molecular formula is C18H17F3N2O5S. The molecule has 156 valence electrons. The number of esters is 1. The molecule has 2 rings (SSSR count). The molecule has 0 aliphatic rings. The highest BCUT2D eigenvalue weighted by Gasteiger charge is 2.65. The van der Waals surface area contributed by atoms with Crippen LogP contribution in [-0.4, -0.2) is 39.2 Å². The smallest absolute Gasteiger partial charge is 0.437 e. The number of carbonyl (C=O) groups excluding carboxylic acids is 2. The molecule has 1 atom stereocenters. The van der Waals surface area contributed by atoms with E-state index in [9.17, 15) is 31.2 Å². The minimum atomic E-state index is -5.55. The van der Waals surface area contributed by atoms with Crippen LogP contribution >= 0.6 is 0 Å². The van der Waals surface area contributed by atoms with Gasteiger partial charge in [-0.05, 0) is 17.7 Å². The van der Waals surface area contributed by atoms with Crippen molar-refractivity contribution >= 4 is 21.9 Å². The highest BCUT2D eigenvalue weighted by atomic mass is 32.2. The Hall–Kier alpha value is -2.92. The maximum atomic E-state index is 13.9. The average molecular weight is 430 g/mol. The number of methoxy groups -OCH3 is 1. The normalized spacial score (nSPS) is 13.9. The minimum Gasteiger partial charge on any atom is -0.466 e. The molecule has 7 nitrogen and oxygen atoms in total. The van der Waals surface area contributed by atoms with Gasteiger partial charge in [0.2, 0.25) is 15.9 Å². The summed E-state index contributed by atoms with van der Waals surface area (Å²) in [5.74, 6) is -3.28. The van der Waals surface area contributed by atoms with Crippen molar-refractivity contribution in [2.75, 3.05) is 7.11 Å². The SMILES string of the molecule is COC(=O)C(NC(=O)Cc1ccccc1)(NS(=O)(=O)c1ccccc1)C(F)(F)F. The Morgan fingerprint density at radius 3 is 1.97 bits per heavy atom. The van der Waals surface area contributed by atoms with Crippen LogP contribution in [0.15, 0.2) is 65.6 Å². The van der Waals surface area contributed by atoms with E-state index in [4.69, 9.17) is 0 Å². The average Bonchev–Trinajstić information content (AvgIpc) is 2.67. The number of alkyl halides is 3. The Bertz CT molecular complexity index is 966. The number of hydrogen-bond donors (Lipinski definition) is 2. The van der Waals surface area contributed by atoms with Gasteiger partial charge in [0.1, 0.15) is 0 Å². The Morgan fingerprint density at radius 2 is 1.48 bits per heavy atom. The first kappa shape index (κ1) is 22.4. The molecule has 0 aliphatic heterocycles. The van der Waals surface area contributed by atoms with Crippen molar-refractivity contribution in [3.8, 4) is 0 Å². The van der Waals surface area contributed by atoms with Crippen LogP contribution in [-0.2, 0) is 30.8 Å². The zero-order valence-electron chi connectivity index (χ0n) is 15.1. The van der Waals surface area contributed by atoms with Crippen LogP contribution in [0.5, 0.6) is 0 Å². The van der Waals surface area contributed by atoms with Gasteiger partial charge in [0.15, 0.2) is 0 Å². The predicted octanol–water partition coefficient (Wildman–Crippen LogP) is 1.76. The van der Waals surface area contributed by atoms with E-state index < -0.39 is 45.1 Å². The zero-order valence-corrected chi connectivity index (χ0v) is 15.9. The van der Waals surface area contributed by atoms with Gasteiger partial charge in [0, 0.05) is 0 Å². The van der Waals surface area contributed by atoms with Gasteiger partial charge < -0.3 is 10.1 Å². The lowest BCUT2D eigenvalue weighted by Crippen LogP contribution is -2.73. The van der Waals surface area contributed by atoms with E-state index in [2.05, 4.69) is 4.74 Å². The van der Waals surface area contributed by atoms with Crippen molar-refractivity contribution in [3.63, 3.8) is 0 Å². The van der Waals surface area contributed by atoms with Crippen molar-refractivity contribution in [1.82, 2.24) is 10.0 Å². The molecule has 1 unspecified atom stereocenters. The third-order valence-corrected chi connectivity index (χ3v) is 5.26. The summed E-state index contributed by atoms with van der Waals surface area (Å²) in [5, 5.41) is 1.47. The second-order valence-corrected chi connectivity index (χ2v) is 7.55. The van der Waals surface area contributed by atoms with Crippen LogP contribution in [0, 0.1) is 0 Å². The maximum Gasteiger partial charge on any atom is 0.437 e. The number of sulfonamides is 1. The lowest BCUT2D eigenvalue weighted by Gasteiger charge is -2.33. The second-order valence-electron chi connectivity index (χ2n) is 5.87. The van der Waals surface area contributed by atoms with Crippen LogP contribution < -0.4 is 10.0 Å². The number of amides is 1. The topological polar surface area (TPSA) is 102 Å². The Labute approximate surface area is 164 Å². The Balaban J connectivity index is 2.45. The minimum absolute atomic E-state index is 0.358. The third-order valence-electron chi connectivity index (χ3n) is 3.79. The first-order valence-electron chi connectivity index (χ1n) is 8.11. The summed E-state index contributed by atoms with van der Waals surface area (Å²) in [7, 11) is -4.22. The molecule has 2 aromatic carbocycles. The largest absolute Gasteiger partial charge is 0.466 e. The predicted molar refractivity (Wildman–Crippen MR) is 95.9 cm³/mol. The quantitative estimate of drug-likeness (QED) is 0.515. The highest BCUT2D eigenvalue weighted by Crippen LogP contribution is 2.31. The summed E-state index contributed by atoms with van der Waals surface area (Å²) in [6.07, 6.45) is -6.07. The van der Waals surface area contributed by atoms with E-state index in [0.29, 0.717) is 12.7 Å². The van der Waals surface area contributed by atoms with E-state index in [1.54, 1.807) is 18.2 Å². The van der Waals surface area contributed by atoms with E-state index in [-0.39, 0.29) is 0 Å². The second kappa shape index (κ2) is 8.62. The van der Waals surface area contributed by atoms with Gasteiger partial charge in [0.05, 0.1) is 18.4 Å². The molecule has 0 heterocycles. The Morgan fingerprint density at radius 1 is 0.966 bits per heavy atom. The molecule has 2 N–H and O–H groups in total. The van der Waals surface area contributed by atoms with Crippen LogP contribution in [0.2, 0.25) is 0 Å². The number of nitrogens with one attached hydrogen (secondary N) is 2. The van der Waals surface area contributed by atoms with E-state index in [0.717, 1.165) is 12.1 Å². The van der Waals surface area contributed by atoms with Gasteiger partial charge in [-0.25, -0.2) is 13.2 Å². The lowest BCUT2D eigenvalue weighted by molar-refractivity contribution is -0.215. The molecule has 29 heavy (non-hydrogen) atoms. The Kier molecular flexibility index (Phi) is 6.65. The molecule has 0 saturated heterocycles. The first-order valence-corrected chi connectivity index (χ1v) is 9.59. The molecular weight excluding hydrogens is 413 g/mol. The van der Waals surface area contributed by atoms with Crippen molar-refractivity contribution in [1.29, 1.82) is 0 Å². The summed E-state index contributed by atoms with van der Waals surface area (Å²) in [5.41, 5.74) is -3.65. The fourth-order valence-electron chi connectivity index (χ4n) is 2.41. The molecule has 2 aromatic rings. The van der Waals surface area contributed by atoms with Crippen molar-refractivity contribution in [2.24, 2.45) is 0 Å². The number of rotatable bonds is 7. The number of ether oxygens (including phenoxy) is 1. The molecule has 0 bridgehead atoms. The number of carbonyl (C=O) groups is 2. The standard InChI is InChI=1S/C18H17F3N2O5S/c1-28-16(25)17(18(19,20)21,22-15(24)12-13-8-4-2-5-9-13)23-29(26,27)14-10-6-3-7-11-14/h2-11,23H,12H2,1H3,(H,22,24). The molecule has 0 aliphatic carbocycles. The van der Waals surface area contributed by atoms with E-state index in [1.165, 1.54) is 40.4 Å². The van der Waals surface area contributed by atoms with Crippen LogP contribution in [0.3, 0.4) is 0 Å².